The molecule has 0 saturated carbocycles. The van der Waals surface area contributed by atoms with E-state index in [-0.39, 0.29) is 12.5 Å². The molecule has 0 fully saturated rings. The Morgan fingerprint density at radius 3 is 1.97 bits per heavy atom. The third-order valence-corrected chi connectivity index (χ3v) is 7.16. The largest absolute Gasteiger partial charge is 0.357 e. The minimum Gasteiger partial charge on any atom is -0.357 e. The van der Waals surface area contributed by atoms with Crippen LogP contribution in [0.1, 0.15) is 23.6 Å². The van der Waals surface area contributed by atoms with E-state index in [4.69, 9.17) is 0 Å². The first-order chi connectivity index (χ1) is 17.2. The summed E-state index contributed by atoms with van der Waals surface area (Å²) in [6, 6.07) is 25.1. The Bertz CT molecular complexity index is 1260. The number of rotatable bonds is 11. The minimum absolute atomic E-state index is 0.164. The molecule has 3 aromatic rings. The highest BCUT2D eigenvalue weighted by Gasteiger charge is 2.32. The molecule has 0 saturated heterocycles. The van der Waals surface area contributed by atoms with Crippen LogP contribution in [0.3, 0.4) is 0 Å². The van der Waals surface area contributed by atoms with Gasteiger partial charge in [0, 0.05) is 20.0 Å². The molecule has 0 aliphatic carbocycles. The maximum Gasteiger partial charge on any atom is 0.244 e. The SMILES string of the molecule is CCc1ccccc1N(CC(=O)N(Cc1ccccc1)[C@@H](Cc1ccccc1)C(=O)NC)S(C)(=O)=O. The summed E-state index contributed by atoms with van der Waals surface area (Å²) in [4.78, 5) is 28.4. The van der Waals surface area contributed by atoms with Gasteiger partial charge in [-0.05, 0) is 29.2 Å². The summed E-state index contributed by atoms with van der Waals surface area (Å²) in [5.41, 5.74) is 3.02. The molecule has 0 spiro atoms. The minimum atomic E-state index is -3.78. The van der Waals surface area contributed by atoms with Gasteiger partial charge in [-0.25, -0.2) is 8.42 Å². The van der Waals surface area contributed by atoms with Gasteiger partial charge in [-0.15, -0.1) is 0 Å². The summed E-state index contributed by atoms with van der Waals surface area (Å²) in [5, 5.41) is 2.68. The Kier molecular flexibility index (Phi) is 9.25. The fraction of sp³-hybridized carbons (Fsp3) is 0.286. The monoisotopic (exact) mass is 507 g/mol. The number of para-hydroxylation sites is 1. The van der Waals surface area contributed by atoms with Crippen molar-refractivity contribution in [3.63, 3.8) is 0 Å². The van der Waals surface area contributed by atoms with Gasteiger partial charge in [0.15, 0.2) is 0 Å². The maximum absolute atomic E-state index is 13.9. The van der Waals surface area contributed by atoms with Crippen LogP contribution in [0.4, 0.5) is 5.69 Å². The lowest BCUT2D eigenvalue weighted by Gasteiger charge is -2.33. The van der Waals surface area contributed by atoms with E-state index < -0.39 is 28.5 Å². The number of hydrogen-bond donors (Lipinski definition) is 1. The molecule has 0 heterocycles. The number of sulfonamides is 1. The van der Waals surface area contributed by atoms with Crippen LogP contribution in [0.5, 0.6) is 0 Å². The molecule has 0 aliphatic rings. The zero-order chi connectivity index (χ0) is 26.1. The molecule has 7 nitrogen and oxygen atoms in total. The van der Waals surface area contributed by atoms with Crippen LogP contribution >= 0.6 is 0 Å². The fourth-order valence-corrected chi connectivity index (χ4v) is 5.03. The predicted octanol–water partition coefficient (Wildman–Crippen LogP) is 3.40. The lowest BCUT2D eigenvalue weighted by Crippen LogP contribution is -2.53. The number of likely N-dealkylation sites (N-methyl/N-ethyl adjacent to an activating group) is 1. The highest BCUT2D eigenvalue weighted by atomic mass is 32.2. The van der Waals surface area contributed by atoms with Crippen LogP contribution in [0.25, 0.3) is 0 Å². The van der Waals surface area contributed by atoms with Crippen molar-refractivity contribution in [3.05, 3.63) is 102 Å². The van der Waals surface area contributed by atoms with Crippen LogP contribution in [0.2, 0.25) is 0 Å². The second-order valence-corrected chi connectivity index (χ2v) is 10.5. The lowest BCUT2D eigenvalue weighted by molar-refractivity contribution is -0.139. The molecule has 0 aromatic heterocycles. The Balaban J connectivity index is 2.03. The standard InChI is InChI=1S/C28H33N3O4S/c1-4-24-17-11-12-18-25(24)31(36(3,34)35)21-27(32)30(20-23-15-9-6-10-16-23)26(28(33)29-2)19-22-13-7-5-8-14-22/h5-18,26H,4,19-21H2,1-3H3,(H,29,33)/t26-/m0/s1. The Morgan fingerprint density at radius 2 is 1.42 bits per heavy atom. The van der Waals surface area contributed by atoms with Crippen LogP contribution in [0.15, 0.2) is 84.9 Å². The van der Waals surface area contributed by atoms with Crippen molar-refractivity contribution in [2.24, 2.45) is 0 Å². The number of aryl methyl sites for hydroxylation is 1. The molecular formula is C28H33N3O4S. The van der Waals surface area contributed by atoms with Gasteiger partial charge in [-0.3, -0.25) is 13.9 Å². The molecule has 0 unspecified atom stereocenters. The van der Waals surface area contributed by atoms with Gasteiger partial charge >= 0.3 is 0 Å². The van der Waals surface area contributed by atoms with E-state index in [1.807, 2.05) is 79.7 Å². The molecule has 3 aromatic carbocycles. The molecule has 0 bridgehead atoms. The molecule has 36 heavy (non-hydrogen) atoms. The summed E-state index contributed by atoms with van der Waals surface area (Å²) in [7, 11) is -2.24. The van der Waals surface area contributed by atoms with Crippen molar-refractivity contribution < 1.29 is 18.0 Å². The molecule has 190 valence electrons. The molecular weight excluding hydrogens is 474 g/mol. The molecule has 1 N–H and O–H groups in total. The van der Waals surface area contributed by atoms with Gasteiger partial charge in [0.1, 0.15) is 12.6 Å². The number of hydrogen-bond acceptors (Lipinski definition) is 4. The second-order valence-electron chi connectivity index (χ2n) is 8.58. The van der Waals surface area contributed by atoms with Gasteiger partial charge in [-0.1, -0.05) is 85.8 Å². The average molecular weight is 508 g/mol. The molecule has 3 rings (SSSR count). The first kappa shape index (κ1) is 26.9. The van der Waals surface area contributed by atoms with Crippen LogP contribution < -0.4 is 9.62 Å². The normalized spacial score (nSPS) is 12.0. The Hall–Kier alpha value is -3.65. The third-order valence-electron chi connectivity index (χ3n) is 6.03. The van der Waals surface area contributed by atoms with Gasteiger partial charge in [-0.2, -0.15) is 0 Å². The molecule has 2 amide bonds. The maximum atomic E-state index is 13.9. The average Bonchev–Trinajstić information content (AvgIpc) is 2.89. The van der Waals surface area contributed by atoms with E-state index in [1.165, 1.54) is 11.9 Å². The summed E-state index contributed by atoms with van der Waals surface area (Å²) < 4.78 is 26.8. The number of nitrogens with zero attached hydrogens (tertiary/aromatic N) is 2. The summed E-state index contributed by atoms with van der Waals surface area (Å²) in [6.45, 7) is 1.69. The number of nitrogens with one attached hydrogen (secondary N) is 1. The van der Waals surface area contributed by atoms with Crippen molar-refractivity contribution in [1.82, 2.24) is 10.2 Å². The van der Waals surface area contributed by atoms with Crippen LogP contribution in [-0.4, -0.2) is 51.0 Å². The van der Waals surface area contributed by atoms with Crippen molar-refractivity contribution in [2.75, 3.05) is 24.2 Å². The van der Waals surface area contributed by atoms with E-state index >= 15 is 0 Å². The topological polar surface area (TPSA) is 86.8 Å². The van der Waals surface area contributed by atoms with Crippen molar-refractivity contribution in [2.45, 2.75) is 32.4 Å². The number of carbonyl (C=O) groups is 2. The number of anilines is 1. The van der Waals surface area contributed by atoms with Crippen molar-refractivity contribution >= 4 is 27.5 Å². The van der Waals surface area contributed by atoms with Gasteiger partial charge < -0.3 is 10.2 Å². The van der Waals surface area contributed by atoms with Crippen LogP contribution in [0, 0.1) is 0 Å². The molecule has 0 radical (unpaired) electrons. The highest BCUT2D eigenvalue weighted by Crippen LogP contribution is 2.24. The van der Waals surface area contributed by atoms with Crippen molar-refractivity contribution in [3.8, 4) is 0 Å². The van der Waals surface area contributed by atoms with Gasteiger partial charge in [0.25, 0.3) is 0 Å². The number of carbonyl (C=O) groups excluding carboxylic acids is 2. The van der Waals surface area contributed by atoms with Crippen LogP contribution in [-0.2, 0) is 39.0 Å². The van der Waals surface area contributed by atoms with Crippen molar-refractivity contribution in [1.29, 1.82) is 0 Å². The van der Waals surface area contributed by atoms with E-state index in [0.29, 0.717) is 18.5 Å². The predicted molar refractivity (Wildman–Crippen MR) is 143 cm³/mol. The summed E-state index contributed by atoms with van der Waals surface area (Å²) >= 11 is 0. The number of amides is 2. The summed E-state index contributed by atoms with van der Waals surface area (Å²) in [5.74, 6) is -0.775. The Morgan fingerprint density at radius 1 is 0.861 bits per heavy atom. The van der Waals surface area contributed by atoms with E-state index in [2.05, 4.69) is 5.32 Å². The first-order valence-corrected chi connectivity index (χ1v) is 13.7. The van der Waals surface area contributed by atoms with Gasteiger partial charge in [0.05, 0.1) is 11.9 Å². The summed E-state index contributed by atoms with van der Waals surface area (Å²) in [6.07, 6.45) is 2.00. The third kappa shape index (κ3) is 6.95. The molecule has 8 heteroatoms. The zero-order valence-corrected chi connectivity index (χ0v) is 21.7. The quantitative estimate of drug-likeness (QED) is 0.431. The van der Waals surface area contributed by atoms with E-state index in [1.54, 1.807) is 12.1 Å². The molecule has 0 aliphatic heterocycles. The highest BCUT2D eigenvalue weighted by molar-refractivity contribution is 7.92. The van der Waals surface area contributed by atoms with Gasteiger partial charge in [0.2, 0.25) is 21.8 Å². The first-order valence-electron chi connectivity index (χ1n) is 11.9. The Labute approximate surface area is 213 Å². The smallest absolute Gasteiger partial charge is 0.244 e. The number of benzene rings is 3. The van der Waals surface area contributed by atoms with E-state index in [9.17, 15) is 18.0 Å². The fourth-order valence-electron chi connectivity index (χ4n) is 4.15. The second kappa shape index (κ2) is 12.4. The van der Waals surface area contributed by atoms with E-state index in [0.717, 1.165) is 27.3 Å². The lowest BCUT2D eigenvalue weighted by atomic mass is 10.0. The molecule has 1 atom stereocenters. The zero-order valence-electron chi connectivity index (χ0n) is 20.9.